The van der Waals surface area contributed by atoms with E-state index in [9.17, 15) is 18.0 Å². The van der Waals surface area contributed by atoms with Gasteiger partial charge in [-0.15, -0.1) is 6.58 Å². The molecule has 23 heavy (non-hydrogen) atoms. The first kappa shape index (κ1) is 19.0. The van der Waals surface area contributed by atoms with Crippen molar-refractivity contribution in [2.75, 3.05) is 25.0 Å². The SMILES string of the molecule is C=CCCOC(C)C(=O)NCCNc1ncccc1C(F)(F)F. The van der Waals surface area contributed by atoms with Crippen molar-refractivity contribution in [3.63, 3.8) is 0 Å². The topological polar surface area (TPSA) is 63.2 Å². The second-order valence-electron chi connectivity index (χ2n) is 4.71. The Bertz CT molecular complexity index is 521. The Labute approximate surface area is 132 Å². The third-order valence-corrected chi connectivity index (χ3v) is 2.89. The molecule has 1 amide bonds. The Morgan fingerprint density at radius 3 is 2.87 bits per heavy atom. The molecule has 0 radical (unpaired) electrons. The number of nitrogens with zero attached hydrogens (tertiary/aromatic N) is 1. The van der Waals surface area contributed by atoms with Crippen LogP contribution < -0.4 is 10.6 Å². The van der Waals surface area contributed by atoms with Crippen molar-refractivity contribution in [1.82, 2.24) is 10.3 Å². The number of aromatic nitrogens is 1. The van der Waals surface area contributed by atoms with Crippen LogP contribution in [-0.4, -0.2) is 36.7 Å². The number of amides is 1. The Kier molecular flexibility index (Phi) is 7.53. The highest BCUT2D eigenvalue weighted by Crippen LogP contribution is 2.33. The Balaban J connectivity index is 2.38. The zero-order chi connectivity index (χ0) is 17.3. The van der Waals surface area contributed by atoms with Crippen molar-refractivity contribution in [3.05, 3.63) is 36.5 Å². The lowest BCUT2D eigenvalue weighted by molar-refractivity contribution is -0.137. The van der Waals surface area contributed by atoms with E-state index in [1.165, 1.54) is 12.3 Å². The molecule has 0 fully saturated rings. The zero-order valence-corrected chi connectivity index (χ0v) is 12.8. The number of halogens is 3. The van der Waals surface area contributed by atoms with E-state index in [0.717, 1.165) is 6.07 Å². The molecule has 128 valence electrons. The molecule has 0 bridgehead atoms. The smallest absolute Gasteiger partial charge is 0.368 e. The van der Waals surface area contributed by atoms with E-state index < -0.39 is 17.8 Å². The number of hydrogen-bond acceptors (Lipinski definition) is 4. The summed E-state index contributed by atoms with van der Waals surface area (Å²) in [5.41, 5.74) is -0.840. The average Bonchev–Trinajstić information content (AvgIpc) is 2.51. The van der Waals surface area contributed by atoms with Gasteiger partial charge in [-0.2, -0.15) is 13.2 Å². The molecule has 1 atom stereocenters. The molecule has 8 heteroatoms. The first-order chi connectivity index (χ1) is 10.9. The van der Waals surface area contributed by atoms with E-state index >= 15 is 0 Å². The van der Waals surface area contributed by atoms with Gasteiger partial charge < -0.3 is 15.4 Å². The summed E-state index contributed by atoms with van der Waals surface area (Å²) in [4.78, 5) is 15.4. The zero-order valence-electron chi connectivity index (χ0n) is 12.8. The van der Waals surface area contributed by atoms with Gasteiger partial charge in [0.2, 0.25) is 5.91 Å². The van der Waals surface area contributed by atoms with Crippen molar-refractivity contribution in [3.8, 4) is 0 Å². The van der Waals surface area contributed by atoms with Crippen molar-refractivity contribution < 1.29 is 22.7 Å². The molecule has 1 rings (SSSR count). The number of carbonyl (C=O) groups is 1. The summed E-state index contributed by atoms with van der Waals surface area (Å²) in [6, 6.07) is 2.17. The summed E-state index contributed by atoms with van der Waals surface area (Å²) in [5.74, 6) is -0.586. The summed E-state index contributed by atoms with van der Waals surface area (Å²) < 4.78 is 43.6. The van der Waals surface area contributed by atoms with Gasteiger partial charge in [0.05, 0.1) is 12.2 Å². The lowest BCUT2D eigenvalue weighted by Crippen LogP contribution is -2.37. The van der Waals surface area contributed by atoms with Gasteiger partial charge in [-0.3, -0.25) is 4.79 Å². The van der Waals surface area contributed by atoms with E-state index in [0.29, 0.717) is 13.0 Å². The maximum Gasteiger partial charge on any atom is 0.419 e. The van der Waals surface area contributed by atoms with Gasteiger partial charge in [0.15, 0.2) is 0 Å². The van der Waals surface area contributed by atoms with Crippen LogP contribution in [0.4, 0.5) is 19.0 Å². The van der Waals surface area contributed by atoms with E-state index in [1.807, 2.05) is 0 Å². The van der Waals surface area contributed by atoms with Crippen molar-refractivity contribution in [2.24, 2.45) is 0 Å². The van der Waals surface area contributed by atoms with Crippen LogP contribution in [0.5, 0.6) is 0 Å². The van der Waals surface area contributed by atoms with Crippen LogP contribution in [0.3, 0.4) is 0 Å². The molecular weight excluding hydrogens is 311 g/mol. The standard InChI is InChI=1S/C15H20F3N3O2/c1-3-4-10-23-11(2)14(22)21-9-8-20-13-12(15(16,17)18)6-5-7-19-13/h3,5-7,11H,1,4,8-10H2,2H3,(H,19,20)(H,21,22). The fraction of sp³-hybridized carbons (Fsp3) is 0.467. The minimum absolute atomic E-state index is 0.116. The van der Waals surface area contributed by atoms with E-state index in [1.54, 1.807) is 13.0 Å². The van der Waals surface area contributed by atoms with Gasteiger partial charge in [-0.1, -0.05) is 6.08 Å². The molecule has 0 aliphatic heterocycles. The molecule has 0 aliphatic carbocycles. The van der Waals surface area contributed by atoms with E-state index in [4.69, 9.17) is 4.74 Å². The molecule has 1 heterocycles. The van der Waals surface area contributed by atoms with Crippen LogP contribution in [0.2, 0.25) is 0 Å². The predicted octanol–water partition coefficient (Wildman–Crippen LogP) is 2.61. The number of rotatable bonds is 9. The second kappa shape index (κ2) is 9.14. The summed E-state index contributed by atoms with van der Waals surface area (Å²) in [7, 11) is 0. The van der Waals surface area contributed by atoms with Gasteiger partial charge in [0.1, 0.15) is 11.9 Å². The number of nitrogens with one attached hydrogen (secondary N) is 2. The van der Waals surface area contributed by atoms with Crippen LogP contribution in [-0.2, 0) is 15.7 Å². The second-order valence-corrected chi connectivity index (χ2v) is 4.71. The Morgan fingerprint density at radius 2 is 2.22 bits per heavy atom. The maximum absolute atomic E-state index is 12.8. The molecule has 2 N–H and O–H groups in total. The molecule has 1 aromatic heterocycles. The van der Waals surface area contributed by atoms with Gasteiger partial charge in [-0.25, -0.2) is 4.98 Å². The third kappa shape index (κ3) is 6.68. The summed E-state index contributed by atoms with van der Waals surface area (Å²) >= 11 is 0. The van der Waals surface area contributed by atoms with Crippen LogP contribution in [0.1, 0.15) is 18.9 Å². The van der Waals surface area contributed by atoms with Gasteiger partial charge in [0, 0.05) is 19.3 Å². The van der Waals surface area contributed by atoms with E-state index in [-0.39, 0.29) is 24.8 Å². The van der Waals surface area contributed by atoms with Crippen molar-refractivity contribution in [2.45, 2.75) is 25.6 Å². The van der Waals surface area contributed by atoms with Gasteiger partial charge >= 0.3 is 6.18 Å². The van der Waals surface area contributed by atoms with Crippen LogP contribution >= 0.6 is 0 Å². The van der Waals surface area contributed by atoms with E-state index in [2.05, 4.69) is 22.2 Å². The lowest BCUT2D eigenvalue weighted by Gasteiger charge is -2.15. The van der Waals surface area contributed by atoms with Crippen LogP contribution in [0.25, 0.3) is 0 Å². The molecule has 0 aromatic carbocycles. The van der Waals surface area contributed by atoms with Crippen LogP contribution in [0.15, 0.2) is 31.0 Å². The Morgan fingerprint density at radius 1 is 1.48 bits per heavy atom. The molecular formula is C15H20F3N3O2. The fourth-order valence-electron chi connectivity index (χ4n) is 1.69. The lowest BCUT2D eigenvalue weighted by atomic mass is 10.2. The number of hydrogen-bond donors (Lipinski definition) is 2. The highest BCUT2D eigenvalue weighted by Gasteiger charge is 2.33. The normalized spacial score (nSPS) is 12.5. The minimum Gasteiger partial charge on any atom is -0.368 e. The summed E-state index contributed by atoms with van der Waals surface area (Å²) in [6.07, 6.45) is -1.52. The summed E-state index contributed by atoms with van der Waals surface area (Å²) in [5, 5.41) is 5.14. The molecule has 5 nitrogen and oxygen atoms in total. The molecule has 0 saturated carbocycles. The molecule has 1 unspecified atom stereocenters. The monoisotopic (exact) mass is 331 g/mol. The summed E-state index contributed by atoms with van der Waals surface area (Å²) in [6.45, 7) is 5.80. The molecule has 0 spiro atoms. The van der Waals surface area contributed by atoms with Gasteiger partial charge in [-0.05, 0) is 25.5 Å². The molecule has 1 aromatic rings. The number of anilines is 1. The number of ether oxygens (including phenoxy) is 1. The predicted molar refractivity (Wildman–Crippen MR) is 81.0 cm³/mol. The third-order valence-electron chi connectivity index (χ3n) is 2.89. The maximum atomic E-state index is 12.8. The number of alkyl halides is 3. The van der Waals surface area contributed by atoms with Crippen molar-refractivity contribution in [1.29, 1.82) is 0 Å². The molecule has 0 aliphatic rings. The van der Waals surface area contributed by atoms with Crippen LogP contribution in [0, 0.1) is 0 Å². The average molecular weight is 331 g/mol. The highest BCUT2D eigenvalue weighted by molar-refractivity contribution is 5.80. The Hall–Kier alpha value is -2.09. The van der Waals surface area contributed by atoms with Gasteiger partial charge in [0.25, 0.3) is 0 Å². The molecule has 0 saturated heterocycles. The quantitative estimate of drug-likeness (QED) is 0.539. The number of pyridine rings is 1. The van der Waals surface area contributed by atoms with Crippen molar-refractivity contribution >= 4 is 11.7 Å². The highest BCUT2D eigenvalue weighted by atomic mass is 19.4. The number of carbonyl (C=O) groups excluding carboxylic acids is 1. The first-order valence-electron chi connectivity index (χ1n) is 7.12. The minimum atomic E-state index is -4.48. The first-order valence-corrected chi connectivity index (χ1v) is 7.12. The largest absolute Gasteiger partial charge is 0.419 e. The fourth-order valence-corrected chi connectivity index (χ4v) is 1.69.